The summed E-state index contributed by atoms with van der Waals surface area (Å²) in [6.07, 6.45) is 3.74. The third-order valence-electron chi connectivity index (χ3n) is 4.46. The molecular formula is C18H22FN3O2. The van der Waals surface area contributed by atoms with E-state index in [0.717, 1.165) is 37.3 Å². The molecule has 1 unspecified atom stereocenters. The lowest BCUT2D eigenvalue weighted by Gasteiger charge is -2.30. The number of hydrogen-bond donors (Lipinski definition) is 1. The number of aryl methyl sites for hydroxylation is 1. The highest BCUT2D eigenvalue weighted by molar-refractivity contribution is 5.78. The highest BCUT2D eigenvalue weighted by atomic mass is 19.1. The lowest BCUT2D eigenvalue weighted by molar-refractivity contribution is -0.122. The fraction of sp³-hybridized carbons (Fsp3) is 0.444. The zero-order valence-corrected chi connectivity index (χ0v) is 13.8. The zero-order chi connectivity index (χ0) is 16.9. The van der Waals surface area contributed by atoms with Crippen molar-refractivity contribution in [2.75, 3.05) is 19.6 Å². The van der Waals surface area contributed by atoms with Gasteiger partial charge in [-0.15, -0.1) is 0 Å². The second-order valence-corrected chi connectivity index (χ2v) is 6.35. The van der Waals surface area contributed by atoms with Gasteiger partial charge in [0.05, 0.1) is 12.7 Å². The highest BCUT2D eigenvalue weighted by Crippen LogP contribution is 2.26. The van der Waals surface area contributed by atoms with Gasteiger partial charge in [-0.2, -0.15) is 0 Å². The monoisotopic (exact) mass is 331 g/mol. The van der Waals surface area contributed by atoms with Crippen LogP contribution in [0.5, 0.6) is 0 Å². The van der Waals surface area contributed by atoms with Crippen molar-refractivity contribution in [1.82, 2.24) is 15.4 Å². The molecule has 1 fully saturated rings. The molecule has 1 aliphatic heterocycles. The van der Waals surface area contributed by atoms with Crippen molar-refractivity contribution in [3.05, 3.63) is 53.2 Å². The fourth-order valence-electron chi connectivity index (χ4n) is 3.07. The molecule has 0 saturated carbocycles. The summed E-state index contributed by atoms with van der Waals surface area (Å²) < 4.78 is 18.8. The average Bonchev–Trinajstić information content (AvgIpc) is 3.11. The Morgan fingerprint density at radius 1 is 1.46 bits per heavy atom. The van der Waals surface area contributed by atoms with Crippen molar-refractivity contribution in [2.45, 2.75) is 32.2 Å². The predicted octanol–water partition coefficient (Wildman–Crippen LogP) is 2.62. The Labute approximate surface area is 140 Å². The minimum atomic E-state index is -0.243. The lowest BCUT2D eigenvalue weighted by atomic mass is 9.95. The molecule has 128 valence electrons. The molecule has 24 heavy (non-hydrogen) atoms. The van der Waals surface area contributed by atoms with E-state index in [1.165, 1.54) is 6.07 Å². The molecule has 1 aromatic carbocycles. The summed E-state index contributed by atoms with van der Waals surface area (Å²) in [6.45, 7) is 4.10. The van der Waals surface area contributed by atoms with E-state index in [1.54, 1.807) is 19.2 Å². The summed E-state index contributed by atoms with van der Waals surface area (Å²) in [5.74, 6) is 0.886. The van der Waals surface area contributed by atoms with Gasteiger partial charge in [0.1, 0.15) is 11.6 Å². The van der Waals surface area contributed by atoms with Crippen LogP contribution in [-0.4, -0.2) is 35.6 Å². The summed E-state index contributed by atoms with van der Waals surface area (Å²) in [5.41, 5.74) is 1.38. The highest BCUT2D eigenvalue weighted by Gasteiger charge is 2.24. The third kappa shape index (κ3) is 4.20. The quantitative estimate of drug-likeness (QED) is 0.915. The van der Waals surface area contributed by atoms with Gasteiger partial charge in [0, 0.05) is 25.1 Å². The number of benzene rings is 1. The van der Waals surface area contributed by atoms with E-state index < -0.39 is 0 Å². The first-order valence-corrected chi connectivity index (χ1v) is 8.26. The van der Waals surface area contributed by atoms with Crippen LogP contribution < -0.4 is 5.32 Å². The van der Waals surface area contributed by atoms with Crippen LogP contribution >= 0.6 is 0 Å². The molecule has 0 bridgehead atoms. The Kier molecular flexibility index (Phi) is 5.25. The van der Waals surface area contributed by atoms with Crippen LogP contribution in [0.3, 0.4) is 0 Å². The van der Waals surface area contributed by atoms with E-state index in [2.05, 4.69) is 15.4 Å². The summed E-state index contributed by atoms with van der Waals surface area (Å²) in [5, 5.41) is 6.62. The van der Waals surface area contributed by atoms with Crippen LogP contribution in [0.25, 0.3) is 0 Å². The van der Waals surface area contributed by atoms with Crippen molar-refractivity contribution >= 4 is 5.91 Å². The van der Waals surface area contributed by atoms with E-state index >= 15 is 0 Å². The number of nitrogens with zero attached hydrogens (tertiary/aromatic N) is 2. The maximum atomic E-state index is 13.5. The van der Waals surface area contributed by atoms with Crippen LogP contribution in [0, 0.1) is 12.7 Å². The van der Waals surface area contributed by atoms with Gasteiger partial charge in [-0.05, 0) is 43.5 Å². The van der Waals surface area contributed by atoms with Gasteiger partial charge in [0.25, 0.3) is 0 Å². The normalized spacial score (nSPS) is 18.5. The molecule has 0 radical (unpaired) electrons. The Morgan fingerprint density at radius 3 is 3.08 bits per heavy atom. The molecule has 6 heteroatoms. The van der Waals surface area contributed by atoms with Crippen molar-refractivity contribution in [1.29, 1.82) is 0 Å². The smallest absolute Gasteiger partial charge is 0.234 e. The second kappa shape index (κ2) is 7.57. The van der Waals surface area contributed by atoms with Gasteiger partial charge in [-0.25, -0.2) is 4.39 Å². The number of carbonyl (C=O) groups is 1. The van der Waals surface area contributed by atoms with E-state index in [0.29, 0.717) is 24.6 Å². The Morgan fingerprint density at radius 2 is 2.33 bits per heavy atom. The van der Waals surface area contributed by atoms with Crippen molar-refractivity contribution < 1.29 is 13.7 Å². The molecule has 0 aliphatic carbocycles. The molecule has 2 aromatic rings. The van der Waals surface area contributed by atoms with Gasteiger partial charge in [-0.3, -0.25) is 9.69 Å². The van der Waals surface area contributed by atoms with Crippen molar-refractivity contribution in [3.63, 3.8) is 0 Å². The topological polar surface area (TPSA) is 58.4 Å². The van der Waals surface area contributed by atoms with Gasteiger partial charge in [0.2, 0.25) is 5.91 Å². The number of hydrogen-bond acceptors (Lipinski definition) is 4. The van der Waals surface area contributed by atoms with Crippen molar-refractivity contribution in [3.8, 4) is 0 Å². The molecule has 3 rings (SSSR count). The van der Waals surface area contributed by atoms with Gasteiger partial charge in [0.15, 0.2) is 0 Å². The number of halogens is 1. The SMILES string of the molecule is Cc1ccc(CNC(=O)CN2CCCC(c3ccno3)C2)cc1F. The Bertz CT molecular complexity index is 688. The molecule has 1 atom stereocenters. The number of rotatable bonds is 5. The molecule has 1 saturated heterocycles. The standard InChI is InChI=1S/C18H22FN3O2/c1-13-4-5-14(9-16(13)19)10-20-18(23)12-22-8-2-3-15(11-22)17-6-7-21-24-17/h4-7,9,15H,2-3,8,10-12H2,1H3,(H,20,23). The number of nitrogens with one attached hydrogen (secondary N) is 1. The number of aromatic nitrogens is 1. The van der Waals surface area contributed by atoms with Crippen LogP contribution in [0.2, 0.25) is 0 Å². The minimum absolute atomic E-state index is 0.0470. The largest absolute Gasteiger partial charge is 0.361 e. The molecule has 1 amide bonds. The summed E-state index contributed by atoms with van der Waals surface area (Å²) in [6, 6.07) is 6.92. The van der Waals surface area contributed by atoms with Gasteiger partial charge >= 0.3 is 0 Å². The molecule has 0 spiro atoms. The van der Waals surface area contributed by atoms with Crippen molar-refractivity contribution in [2.24, 2.45) is 0 Å². The molecule has 1 aromatic heterocycles. The van der Waals surface area contributed by atoms with Crippen LogP contribution in [-0.2, 0) is 11.3 Å². The summed E-state index contributed by atoms with van der Waals surface area (Å²) in [4.78, 5) is 14.3. The minimum Gasteiger partial charge on any atom is -0.361 e. The van der Waals surface area contributed by atoms with E-state index in [1.807, 2.05) is 12.1 Å². The average molecular weight is 331 g/mol. The maximum absolute atomic E-state index is 13.5. The molecule has 5 nitrogen and oxygen atoms in total. The number of likely N-dealkylation sites (tertiary alicyclic amines) is 1. The molecule has 1 aliphatic rings. The molecular weight excluding hydrogens is 309 g/mol. The Hall–Kier alpha value is -2.21. The van der Waals surface area contributed by atoms with Crippen LogP contribution in [0.1, 0.15) is 35.6 Å². The molecule has 1 N–H and O–H groups in total. The van der Waals surface area contributed by atoms with E-state index in [9.17, 15) is 9.18 Å². The number of piperidine rings is 1. The molecule has 2 heterocycles. The number of amides is 1. The third-order valence-corrected chi connectivity index (χ3v) is 4.46. The first kappa shape index (κ1) is 16.6. The predicted molar refractivity (Wildman–Crippen MR) is 87.9 cm³/mol. The van der Waals surface area contributed by atoms with Gasteiger partial charge in [-0.1, -0.05) is 17.3 Å². The zero-order valence-electron chi connectivity index (χ0n) is 13.8. The van der Waals surface area contributed by atoms with Crippen LogP contribution in [0.15, 0.2) is 35.0 Å². The summed E-state index contributed by atoms with van der Waals surface area (Å²) >= 11 is 0. The number of carbonyl (C=O) groups excluding carboxylic acids is 1. The van der Waals surface area contributed by atoms with E-state index in [-0.39, 0.29) is 11.7 Å². The summed E-state index contributed by atoms with van der Waals surface area (Å²) in [7, 11) is 0. The van der Waals surface area contributed by atoms with Crippen LogP contribution in [0.4, 0.5) is 4.39 Å². The fourth-order valence-corrected chi connectivity index (χ4v) is 3.07. The maximum Gasteiger partial charge on any atom is 0.234 e. The first-order chi connectivity index (χ1) is 11.6. The first-order valence-electron chi connectivity index (χ1n) is 8.26. The Balaban J connectivity index is 1.48. The second-order valence-electron chi connectivity index (χ2n) is 6.35. The van der Waals surface area contributed by atoms with E-state index in [4.69, 9.17) is 4.52 Å². The van der Waals surface area contributed by atoms with Gasteiger partial charge < -0.3 is 9.84 Å². The lowest BCUT2D eigenvalue weighted by Crippen LogP contribution is -2.41.